The van der Waals surface area contributed by atoms with Crippen molar-refractivity contribution in [3.63, 3.8) is 0 Å². The van der Waals surface area contributed by atoms with Crippen molar-refractivity contribution >= 4 is 33.1 Å². The number of carbonyl (C=O) groups is 1. The quantitative estimate of drug-likeness (QED) is 0.750. The number of nitrogens with one attached hydrogen (secondary N) is 2. The number of rotatable bonds is 4. The van der Waals surface area contributed by atoms with Crippen LogP contribution < -0.4 is 10.9 Å². The number of anilines is 1. The Bertz CT molecular complexity index is 1010. The number of amides is 1. The number of benzene rings is 1. The smallest absolute Gasteiger partial charge is 0.266 e. The molecule has 2 aromatic heterocycles. The van der Waals surface area contributed by atoms with Gasteiger partial charge in [-0.05, 0) is 44.8 Å². The van der Waals surface area contributed by atoms with Gasteiger partial charge in [-0.2, -0.15) is 0 Å². The van der Waals surface area contributed by atoms with Gasteiger partial charge in [0.05, 0.1) is 16.8 Å². The van der Waals surface area contributed by atoms with Crippen molar-refractivity contribution in [2.24, 2.45) is 0 Å². The maximum Gasteiger partial charge on any atom is 0.266 e. The molecule has 0 bridgehead atoms. The van der Waals surface area contributed by atoms with Crippen LogP contribution in [0.15, 0.2) is 29.1 Å². The molecule has 0 aliphatic carbocycles. The van der Waals surface area contributed by atoms with Crippen LogP contribution in [0.1, 0.15) is 21.1 Å². The molecule has 0 aliphatic rings. The van der Waals surface area contributed by atoms with E-state index in [0.29, 0.717) is 38.7 Å². The van der Waals surface area contributed by atoms with Crippen molar-refractivity contribution in [2.45, 2.75) is 13.5 Å². The zero-order valence-electron chi connectivity index (χ0n) is 14.0. The van der Waals surface area contributed by atoms with Crippen LogP contribution in [0.3, 0.4) is 0 Å². The van der Waals surface area contributed by atoms with Crippen molar-refractivity contribution in [1.82, 2.24) is 14.9 Å². The number of aryl methyl sites for hydroxylation is 1. The van der Waals surface area contributed by atoms with Crippen LogP contribution in [0.5, 0.6) is 0 Å². The average molecular weight is 360 g/mol. The maximum absolute atomic E-state index is 13.3. The molecule has 0 unspecified atom stereocenters. The fourth-order valence-corrected chi connectivity index (χ4v) is 3.63. The van der Waals surface area contributed by atoms with Crippen LogP contribution >= 0.6 is 11.3 Å². The van der Waals surface area contributed by atoms with E-state index in [2.05, 4.69) is 15.3 Å². The summed E-state index contributed by atoms with van der Waals surface area (Å²) in [5.41, 5.74) is 0.663. The van der Waals surface area contributed by atoms with E-state index in [0.717, 1.165) is 11.3 Å². The van der Waals surface area contributed by atoms with E-state index in [1.54, 1.807) is 13.0 Å². The first-order valence-electron chi connectivity index (χ1n) is 7.59. The van der Waals surface area contributed by atoms with Gasteiger partial charge < -0.3 is 15.2 Å². The lowest BCUT2D eigenvalue weighted by molar-refractivity contribution is 0.103. The van der Waals surface area contributed by atoms with Crippen LogP contribution in [-0.2, 0) is 6.54 Å². The number of carbonyl (C=O) groups excluding carboxylic acids is 1. The average Bonchev–Trinajstić information content (AvgIpc) is 2.84. The number of halogens is 1. The fourth-order valence-electron chi connectivity index (χ4n) is 2.53. The molecular weight excluding hydrogens is 343 g/mol. The number of fused-ring (bicyclic) bond motifs is 1. The predicted molar refractivity (Wildman–Crippen MR) is 96.7 cm³/mol. The third-order valence-corrected chi connectivity index (χ3v) is 4.79. The summed E-state index contributed by atoms with van der Waals surface area (Å²) < 4.78 is 13.3. The van der Waals surface area contributed by atoms with Gasteiger partial charge >= 0.3 is 0 Å². The minimum atomic E-state index is -0.433. The number of aromatic nitrogens is 2. The largest absolute Gasteiger partial charge is 0.321 e. The summed E-state index contributed by atoms with van der Waals surface area (Å²) in [6.45, 7) is 2.20. The molecule has 1 aromatic carbocycles. The molecule has 2 N–H and O–H groups in total. The van der Waals surface area contributed by atoms with Crippen LogP contribution in [-0.4, -0.2) is 34.9 Å². The molecule has 0 saturated heterocycles. The van der Waals surface area contributed by atoms with Crippen molar-refractivity contribution in [1.29, 1.82) is 0 Å². The highest BCUT2D eigenvalue weighted by Gasteiger charge is 2.19. The summed E-state index contributed by atoms with van der Waals surface area (Å²) in [4.78, 5) is 34.9. The predicted octanol–water partition coefficient (Wildman–Crippen LogP) is 2.75. The highest BCUT2D eigenvalue weighted by Crippen LogP contribution is 2.28. The Morgan fingerprint density at radius 3 is 2.84 bits per heavy atom. The molecule has 0 spiro atoms. The molecule has 0 atom stereocenters. The fraction of sp³-hybridized carbons (Fsp3) is 0.235. The minimum Gasteiger partial charge on any atom is -0.321 e. The summed E-state index contributed by atoms with van der Waals surface area (Å²) >= 11 is 1.16. The summed E-state index contributed by atoms with van der Waals surface area (Å²) in [7, 11) is 3.75. The molecule has 130 valence electrons. The number of H-pyrrole nitrogens is 1. The molecule has 0 radical (unpaired) electrons. The standard InChI is InChI=1S/C17H17FN4O2S/c1-9-13-15(23)20-12(8-22(2)3)21-17(13)25-14(9)16(24)19-11-6-4-5-10(18)7-11/h4-7H,8H2,1-3H3,(H,19,24)(H,20,21,23). The Morgan fingerprint density at radius 1 is 1.40 bits per heavy atom. The lowest BCUT2D eigenvalue weighted by Crippen LogP contribution is -2.18. The second-order valence-electron chi connectivity index (χ2n) is 5.95. The second kappa shape index (κ2) is 6.73. The van der Waals surface area contributed by atoms with Crippen molar-refractivity contribution in [3.05, 3.63) is 56.7 Å². The Labute approximate surface area is 147 Å². The van der Waals surface area contributed by atoms with E-state index >= 15 is 0 Å². The van der Waals surface area contributed by atoms with Crippen molar-refractivity contribution in [3.8, 4) is 0 Å². The third kappa shape index (κ3) is 3.59. The second-order valence-corrected chi connectivity index (χ2v) is 6.95. The summed E-state index contributed by atoms with van der Waals surface area (Å²) in [5, 5.41) is 3.06. The molecule has 0 fully saturated rings. The van der Waals surface area contributed by atoms with E-state index in [9.17, 15) is 14.0 Å². The maximum atomic E-state index is 13.3. The first kappa shape index (κ1) is 17.2. The minimum absolute atomic E-state index is 0.264. The van der Waals surface area contributed by atoms with Gasteiger partial charge in [-0.3, -0.25) is 9.59 Å². The van der Waals surface area contributed by atoms with E-state index in [1.165, 1.54) is 18.2 Å². The summed E-state index contributed by atoms with van der Waals surface area (Å²) in [5.74, 6) is -0.280. The number of thiophene rings is 1. The Morgan fingerprint density at radius 2 is 2.16 bits per heavy atom. The SMILES string of the molecule is Cc1c(C(=O)Nc2cccc(F)c2)sc2nc(CN(C)C)[nH]c(=O)c12. The van der Waals surface area contributed by atoms with Gasteiger partial charge in [0, 0.05) is 5.69 Å². The molecule has 8 heteroatoms. The molecule has 0 aliphatic heterocycles. The molecular formula is C17H17FN4O2S. The van der Waals surface area contributed by atoms with Crippen molar-refractivity contribution < 1.29 is 9.18 Å². The summed E-state index contributed by atoms with van der Waals surface area (Å²) in [6, 6.07) is 5.66. The van der Waals surface area contributed by atoms with Crippen LogP contribution in [0.25, 0.3) is 10.2 Å². The molecule has 2 heterocycles. The number of aromatic amines is 1. The Kier molecular flexibility index (Phi) is 4.65. The lowest BCUT2D eigenvalue weighted by Gasteiger charge is -2.07. The van der Waals surface area contributed by atoms with Gasteiger partial charge in [-0.25, -0.2) is 9.37 Å². The van der Waals surface area contributed by atoms with Gasteiger partial charge in [0.1, 0.15) is 16.5 Å². The Hall–Kier alpha value is -2.58. The molecule has 3 aromatic rings. The molecule has 25 heavy (non-hydrogen) atoms. The zero-order chi connectivity index (χ0) is 18.1. The first-order valence-corrected chi connectivity index (χ1v) is 8.40. The summed E-state index contributed by atoms with van der Waals surface area (Å²) in [6.07, 6.45) is 0. The van der Waals surface area contributed by atoms with Crippen LogP contribution in [0.2, 0.25) is 0 Å². The van der Waals surface area contributed by atoms with Crippen LogP contribution in [0.4, 0.5) is 10.1 Å². The van der Waals surface area contributed by atoms with Gasteiger partial charge in [0.15, 0.2) is 0 Å². The Balaban J connectivity index is 1.99. The number of hydrogen-bond donors (Lipinski definition) is 2. The number of nitrogens with zero attached hydrogens (tertiary/aromatic N) is 2. The van der Waals surface area contributed by atoms with Gasteiger partial charge in [-0.1, -0.05) is 6.07 Å². The van der Waals surface area contributed by atoms with Gasteiger partial charge in [-0.15, -0.1) is 11.3 Å². The van der Waals surface area contributed by atoms with E-state index in [1.807, 2.05) is 19.0 Å². The van der Waals surface area contributed by atoms with Gasteiger partial charge in [0.25, 0.3) is 11.5 Å². The molecule has 3 rings (SSSR count). The highest BCUT2D eigenvalue weighted by molar-refractivity contribution is 7.20. The van der Waals surface area contributed by atoms with E-state index in [4.69, 9.17) is 0 Å². The topological polar surface area (TPSA) is 78.1 Å². The van der Waals surface area contributed by atoms with Crippen LogP contribution in [0, 0.1) is 12.7 Å². The number of hydrogen-bond acceptors (Lipinski definition) is 5. The first-order chi connectivity index (χ1) is 11.8. The molecule has 1 amide bonds. The third-order valence-electron chi connectivity index (χ3n) is 3.60. The molecule has 6 nitrogen and oxygen atoms in total. The van der Waals surface area contributed by atoms with Crippen molar-refractivity contribution in [2.75, 3.05) is 19.4 Å². The normalized spacial score (nSPS) is 11.2. The highest BCUT2D eigenvalue weighted by atomic mass is 32.1. The lowest BCUT2D eigenvalue weighted by atomic mass is 10.2. The zero-order valence-corrected chi connectivity index (χ0v) is 14.8. The van der Waals surface area contributed by atoms with E-state index in [-0.39, 0.29) is 11.5 Å². The molecule has 0 saturated carbocycles. The monoisotopic (exact) mass is 360 g/mol. The van der Waals surface area contributed by atoms with Gasteiger partial charge in [0.2, 0.25) is 0 Å². The van der Waals surface area contributed by atoms with E-state index < -0.39 is 5.82 Å².